The Labute approximate surface area is 837 Å². The van der Waals surface area contributed by atoms with Gasteiger partial charge in [-0.25, -0.2) is 0 Å². The van der Waals surface area contributed by atoms with Gasteiger partial charge in [-0.1, -0.05) is 449 Å². The van der Waals surface area contributed by atoms with Gasteiger partial charge in [-0.15, -0.1) is 11.3 Å². The van der Waals surface area contributed by atoms with E-state index in [4.69, 9.17) is 4.42 Å². The van der Waals surface area contributed by atoms with Crippen LogP contribution >= 0.6 is 11.3 Å². The summed E-state index contributed by atoms with van der Waals surface area (Å²) in [7, 11) is 0. The Balaban J connectivity index is 0.000000117. The molecule has 0 unspecified atom stereocenters. The molecule has 0 N–H and O–H groups in total. The first kappa shape index (κ1) is 87.3. The lowest BCUT2D eigenvalue weighted by Crippen LogP contribution is -2.12. The van der Waals surface area contributed by atoms with Gasteiger partial charge in [0.15, 0.2) is 0 Å². The molecule has 2 heterocycles. The molecule has 0 spiro atoms. The Hall–Kier alpha value is -18.5. The van der Waals surface area contributed by atoms with Gasteiger partial charge in [0, 0.05) is 83.1 Å². The normalized spacial score (nSPS) is 11.2. The molecule has 4 nitrogen and oxygen atoms in total. The van der Waals surface area contributed by atoms with Crippen LogP contribution in [0.5, 0.6) is 0 Å². The lowest BCUT2D eigenvalue weighted by molar-refractivity contribution is 0.669. The number of anilines is 9. The molecule has 5 heteroatoms. The van der Waals surface area contributed by atoms with Crippen LogP contribution in [0.1, 0.15) is 0 Å². The maximum absolute atomic E-state index is 6.52. The van der Waals surface area contributed by atoms with Crippen molar-refractivity contribution in [3.63, 3.8) is 0 Å². The molecule has 0 fully saturated rings. The van der Waals surface area contributed by atoms with Crippen LogP contribution in [-0.2, 0) is 0 Å². The fraction of sp³-hybridized carbons (Fsp3) is 0. The average molecular weight is 1840 g/mol. The van der Waals surface area contributed by atoms with E-state index in [1.807, 2.05) is 17.4 Å². The number of hydrogen-bond donors (Lipinski definition) is 0. The van der Waals surface area contributed by atoms with E-state index in [1.54, 1.807) is 0 Å². The van der Waals surface area contributed by atoms with Gasteiger partial charge in [0.2, 0.25) is 0 Å². The van der Waals surface area contributed by atoms with Crippen LogP contribution in [0, 0.1) is 0 Å². The Bertz CT molecular complexity index is 8860. The summed E-state index contributed by atoms with van der Waals surface area (Å²) in [5.41, 5.74) is 36.0. The van der Waals surface area contributed by atoms with Crippen molar-refractivity contribution in [2.45, 2.75) is 0 Å². The fourth-order valence-electron chi connectivity index (χ4n) is 20.7. The van der Waals surface area contributed by atoms with Gasteiger partial charge in [-0.3, -0.25) is 0 Å². The van der Waals surface area contributed by atoms with E-state index >= 15 is 0 Å². The van der Waals surface area contributed by atoms with Gasteiger partial charge in [0.1, 0.15) is 11.2 Å². The molecule has 674 valence electrons. The average Bonchev–Trinajstić information content (AvgIpc) is 1.61. The zero-order chi connectivity index (χ0) is 95.1. The summed E-state index contributed by atoms with van der Waals surface area (Å²) in [5, 5.41) is 12.1. The summed E-state index contributed by atoms with van der Waals surface area (Å²) >= 11 is 1.86. The van der Waals surface area contributed by atoms with Crippen molar-refractivity contribution in [2.24, 2.45) is 0 Å². The molecule has 26 aromatic rings. The maximum Gasteiger partial charge on any atom is 0.137 e. The number of para-hydroxylation sites is 3. The SMILES string of the molecule is c1ccc(-c2cc3ccccc3c(-c3ccc(N(c4ccccc4)c4ccccc4)cc3)c2-c2ccccc2)cc1.c1ccc(-c2cc3ccccc3c(N(c3ccc4c(c3)oc3ccccc34)c3cccc4c3sc3ccccc34)c2-c2ccccc2)cc1.c1ccc(-c2ccc(N(c3ccc(-c4ccccc4)cc3)c3ccc(-c4c(-c5ccccc5)c(-c5ccccc5)cc5ccccc45)cc3)cc2)cc1. The van der Waals surface area contributed by atoms with Gasteiger partial charge in [0.25, 0.3) is 0 Å². The number of thiophene rings is 1. The van der Waals surface area contributed by atoms with Crippen LogP contribution < -0.4 is 14.7 Å². The van der Waals surface area contributed by atoms with Gasteiger partial charge < -0.3 is 19.1 Å². The first-order valence-corrected chi connectivity index (χ1v) is 49.6. The Kier molecular flexibility index (Phi) is 24.1. The largest absolute Gasteiger partial charge is 0.456 e. The topological polar surface area (TPSA) is 22.9 Å². The summed E-state index contributed by atoms with van der Waals surface area (Å²) in [6.45, 7) is 0. The van der Waals surface area contributed by atoms with E-state index < -0.39 is 0 Å². The van der Waals surface area contributed by atoms with Crippen LogP contribution in [0.3, 0.4) is 0 Å². The van der Waals surface area contributed by atoms with Crippen molar-refractivity contribution < 1.29 is 4.42 Å². The van der Waals surface area contributed by atoms with Crippen LogP contribution in [0.4, 0.5) is 51.2 Å². The lowest BCUT2D eigenvalue weighted by Gasteiger charge is -2.31. The van der Waals surface area contributed by atoms with Crippen molar-refractivity contribution in [2.75, 3.05) is 14.7 Å². The quantitative estimate of drug-likeness (QED) is 0.0805. The molecule has 0 saturated carbocycles. The summed E-state index contributed by atoms with van der Waals surface area (Å²) in [4.78, 5) is 7.14. The minimum atomic E-state index is 0.872. The highest BCUT2D eigenvalue weighted by molar-refractivity contribution is 7.26. The third-order valence-electron chi connectivity index (χ3n) is 27.4. The zero-order valence-electron chi connectivity index (χ0n) is 78.5. The highest BCUT2D eigenvalue weighted by Gasteiger charge is 2.29. The third-order valence-corrected chi connectivity index (χ3v) is 28.6. The smallest absolute Gasteiger partial charge is 0.137 e. The standard InChI is InChI=1S/C52H37N.C46H29NOS.C40H29N/c1-5-15-38(16-6-1)40-25-31-46(32-26-40)53(47-33-27-41(28-34-47)39-17-7-2-8-18-39)48-35-29-44(30-36-48)51-49-24-14-13-23-45(49)37-50(42-19-9-3-10-20-42)52(51)43-21-11-4-12-22-43;1-3-14-30(15-4-1)39-28-32-18-7-8-19-34(32)45(44(39)31-16-5-2-6-17-31)47(33-26-27-36-35-20-9-11-24-41(35)48-42(36)29-33)40-23-13-22-38-37-21-10-12-25-43(37)49-46(38)40;1-5-15-30(16-6-1)38-29-33-19-13-14-24-37(33)39(40(38)31-17-7-2-8-18-31)32-25-27-36(28-26-32)41(34-20-9-3-10-21-34)35-22-11-4-12-23-35/h1-37H;1-29H;1-29H. The Morgan fingerprint density at radius 3 is 0.853 bits per heavy atom. The summed E-state index contributed by atoms with van der Waals surface area (Å²) in [6.07, 6.45) is 0. The van der Waals surface area contributed by atoms with Crippen molar-refractivity contribution >= 4 is 137 Å². The van der Waals surface area contributed by atoms with Crippen molar-refractivity contribution in [3.8, 4) is 111 Å². The molecule has 0 aliphatic carbocycles. The molecule has 0 aliphatic heterocycles. The molecule has 0 aliphatic rings. The molecule has 2 aromatic heterocycles. The van der Waals surface area contributed by atoms with E-state index in [2.05, 4.69) is 585 Å². The summed E-state index contributed by atoms with van der Waals surface area (Å²) < 4.78 is 9.05. The van der Waals surface area contributed by atoms with E-state index in [-0.39, 0.29) is 0 Å². The first-order valence-electron chi connectivity index (χ1n) is 48.8. The van der Waals surface area contributed by atoms with Crippen molar-refractivity contribution in [1.29, 1.82) is 0 Å². The molecule has 0 amide bonds. The molecule has 24 aromatic carbocycles. The predicted molar refractivity (Wildman–Crippen MR) is 610 cm³/mol. The zero-order valence-corrected chi connectivity index (χ0v) is 79.3. The summed E-state index contributed by atoms with van der Waals surface area (Å²) in [6, 6.07) is 207. The van der Waals surface area contributed by atoms with Crippen LogP contribution in [0.15, 0.2) is 581 Å². The van der Waals surface area contributed by atoms with E-state index in [1.165, 1.54) is 164 Å². The number of nitrogens with zero attached hydrogens (tertiary/aromatic N) is 3. The molecule has 0 bridgehead atoms. The summed E-state index contributed by atoms with van der Waals surface area (Å²) in [5.74, 6) is 0. The van der Waals surface area contributed by atoms with Crippen molar-refractivity contribution in [1.82, 2.24) is 0 Å². The molecular weight excluding hydrogens is 1750 g/mol. The second kappa shape index (κ2) is 39.5. The third kappa shape index (κ3) is 17.4. The van der Waals surface area contributed by atoms with Gasteiger partial charge in [-0.05, 0) is 254 Å². The van der Waals surface area contributed by atoms with E-state index in [0.29, 0.717) is 0 Å². The predicted octanol–water partition coefficient (Wildman–Crippen LogP) is 39.9. The van der Waals surface area contributed by atoms with Crippen LogP contribution in [0.2, 0.25) is 0 Å². The van der Waals surface area contributed by atoms with E-state index in [0.717, 1.165) is 73.1 Å². The van der Waals surface area contributed by atoms with Gasteiger partial charge >= 0.3 is 0 Å². The van der Waals surface area contributed by atoms with Crippen molar-refractivity contribution in [3.05, 3.63) is 576 Å². The number of furan rings is 1. The van der Waals surface area contributed by atoms with Gasteiger partial charge in [-0.2, -0.15) is 0 Å². The lowest BCUT2D eigenvalue weighted by atomic mass is 9.84. The van der Waals surface area contributed by atoms with Crippen LogP contribution in [0.25, 0.3) is 186 Å². The molecule has 26 rings (SSSR count). The molecule has 0 saturated heterocycles. The van der Waals surface area contributed by atoms with E-state index in [9.17, 15) is 0 Å². The number of hydrogen-bond acceptors (Lipinski definition) is 5. The second-order valence-electron chi connectivity index (χ2n) is 36.0. The van der Waals surface area contributed by atoms with Gasteiger partial charge in [0.05, 0.1) is 16.1 Å². The first-order chi connectivity index (χ1) is 71.0. The fourth-order valence-corrected chi connectivity index (χ4v) is 21.9. The Morgan fingerprint density at radius 2 is 0.434 bits per heavy atom. The number of benzene rings is 24. The molecule has 0 atom stereocenters. The monoisotopic (exact) mass is 1840 g/mol. The number of fused-ring (bicyclic) bond motifs is 9. The highest BCUT2D eigenvalue weighted by Crippen LogP contribution is 2.55. The second-order valence-corrected chi connectivity index (χ2v) is 37.0. The Morgan fingerprint density at radius 1 is 0.154 bits per heavy atom. The molecule has 143 heavy (non-hydrogen) atoms. The number of rotatable bonds is 19. The highest BCUT2D eigenvalue weighted by atomic mass is 32.1. The molecule has 0 radical (unpaired) electrons. The maximum atomic E-state index is 6.52. The van der Waals surface area contributed by atoms with Crippen LogP contribution in [-0.4, -0.2) is 0 Å². The minimum Gasteiger partial charge on any atom is -0.456 e. The minimum absolute atomic E-state index is 0.872. The molecular formula is C138H95N3OS.